The molecule has 2 heterocycles. The number of nitrogens with zero attached hydrogens (tertiary/aromatic N) is 3. The van der Waals surface area contributed by atoms with Crippen LogP contribution in [0.2, 0.25) is 0 Å². The Balaban J connectivity index is 1.98. The molecule has 2 rings (SSSR count). The molecule has 19 heavy (non-hydrogen) atoms. The van der Waals surface area contributed by atoms with Crippen molar-refractivity contribution in [3.8, 4) is 0 Å². The Morgan fingerprint density at radius 1 is 1.42 bits per heavy atom. The van der Waals surface area contributed by atoms with Crippen LogP contribution < -0.4 is 5.32 Å². The van der Waals surface area contributed by atoms with Crippen molar-refractivity contribution in [2.45, 2.75) is 42.6 Å². The van der Waals surface area contributed by atoms with Crippen LogP contribution in [0.3, 0.4) is 0 Å². The van der Waals surface area contributed by atoms with Gasteiger partial charge in [0.25, 0.3) is 0 Å². The molecule has 2 aromatic heterocycles. The van der Waals surface area contributed by atoms with Gasteiger partial charge < -0.3 is 5.32 Å². The highest BCUT2D eigenvalue weighted by Crippen LogP contribution is 2.27. The summed E-state index contributed by atoms with van der Waals surface area (Å²) in [5, 5.41) is 4.41. The van der Waals surface area contributed by atoms with Gasteiger partial charge in [0.1, 0.15) is 10.9 Å². The van der Waals surface area contributed by atoms with E-state index in [1.165, 1.54) is 17.1 Å². The van der Waals surface area contributed by atoms with Crippen LogP contribution in [-0.4, -0.2) is 20.9 Å². The molecule has 0 aromatic carbocycles. The van der Waals surface area contributed by atoms with Gasteiger partial charge in [-0.2, -0.15) is 4.37 Å². The molecule has 0 spiro atoms. The third-order valence-electron chi connectivity index (χ3n) is 2.66. The molecule has 102 valence electrons. The Hall–Kier alpha value is -0.980. The monoisotopic (exact) mass is 294 g/mol. The molecule has 6 heteroatoms. The van der Waals surface area contributed by atoms with Gasteiger partial charge in [0.15, 0.2) is 4.34 Å². The molecule has 0 aliphatic carbocycles. The zero-order chi connectivity index (χ0) is 13.7. The van der Waals surface area contributed by atoms with E-state index in [1.807, 2.05) is 19.2 Å². The molecule has 0 radical (unpaired) electrons. The van der Waals surface area contributed by atoms with E-state index in [0.29, 0.717) is 6.04 Å². The van der Waals surface area contributed by atoms with Gasteiger partial charge >= 0.3 is 0 Å². The van der Waals surface area contributed by atoms with Crippen LogP contribution in [-0.2, 0) is 0 Å². The van der Waals surface area contributed by atoms with E-state index in [-0.39, 0.29) is 0 Å². The van der Waals surface area contributed by atoms with E-state index in [4.69, 9.17) is 0 Å². The number of aromatic nitrogens is 3. The van der Waals surface area contributed by atoms with Crippen molar-refractivity contribution in [1.29, 1.82) is 0 Å². The van der Waals surface area contributed by atoms with Crippen molar-refractivity contribution in [1.82, 2.24) is 19.7 Å². The van der Waals surface area contributed by atoms with Crippen molar-refractivity contribution in [3.63, 3.8) is 0 Å². The summed E-state index contributed by atoms with van der Waals surface area (Å²) in [6.07, 6.45) is 3.08. The molecule has 4 nitrogen and oxygen atoms in total. The van der Waals surface area contributed by atoms with Gasteiger partial charge in [-0.1, -0.05) is 13.0 Å². The van der Waals surface area contributed by atoms with Crippen molar-refractivity contribution < 1.29 is 0 Å². The molecule has 0 saturated carbocycles. The largest absolute Gasteiger partial charge is 0.310 e. The summed E-state index contributed by atoms with van der Waals surface area (Å²) in [6, 6.07) is 4.51. The third-order valence-corrected chi connectivity index (χ3v) is 4.45. The maximum Gasteiger partial charge on any atom is 0.176 e. The van der Waals surface area contributed by atoms with Crippen LogP contribution in [0.4, 0.5) is 0 Å². The maximum absolute atomic E-state index is 4.47. The average molecular weight is 294 g/mol. The number of nitrogens with one attached hydrogen (secondary N) is 1. The lowest BCUT2D eigenvalue weighted by Crippen LogP contribution is -2.19. The molecule has 1 atom stereocenters. The molecule has 2 aromatic rings. The van der Waals surface area contributed by atoms with Gasteiger partial charge in [-0.3, -0.25) is 0 Å². The summed E-state index contributed by atoms with van der Waals surface area (Å²) >= 11 is 2.98. The normalized spacial score (nSPS) is 12.6. The molecular formula is C13H18N4S2. The molecule has 0 aliphatic heterocycles. The summed E-state index contributed by atoms with van der Waals surface area (Å²) in [5.41, 5.74) is 1.21. The van der Waals surface area contributed by atoms with Crippen LogP contribution in [0.5, 0.6) is 0 Å². The second kappa shape index (κ2) is 6.98. The lowest BCUT2D eigenvalue weighted by atomic mass is 10.1. The molecular weight excluding hydrogens is 276 g/mol. The fourth-order valence-corrected chi connectivity index (χ4v) is 3.14. The number of rotatable bonds is 6. The highest BCUT2D eigenvalue weighted by Gasteiger charge is 2.07. The first-order valence-corrected chi connectivity index (χ1v) is 7.95. The second-order valence-corrected chi connectivity index (χ2v) is 6.33. The first-order chi connectivity index (χ1) is 9.19. The zero-order valence-electron chi connectivity index (χ0n) is 11.4. The fraction of sp³-hybridized carbons (Fsp3) is 0.462. The minimum atomic E-state index is 0.343. The third kappa shape index (κ3) is 4.26. The SMILES string of the molecule is CCCNC(C)c1ccc(Sc2nc(C)ns2)nc1. The van der Waals surface area contributed by atoms with E-state index in [9.17, 15) is 0 Å². The van der Waals surface area contributed by atoms with Gasteiger partial charge in [-0.05, 0) is 61.7 Å². The highest BCUT2D eigenvalue weighted by atomic mass is 32.2. The molecule has 0 amide bonds. The molecule has 0 saturated heterocycles. The van der Waals surface area contributed by atoms with Gasteiger partial charge in [-0.25, -0.2) is 9.97 Å². The van der Waals surface area contributed by atoms with Crippen molar-refractivity contribution in [2.75, 3.05) is 6.54 Å². The molecule has 1 N–H and O–H groups in total. The fourth-order valence-electron chi connectivity index (χ4n) is 1.60. The van der Waals surface area contributed by atoms with Crippen LogP contribution in [0.25, 0.3) is 0 Å². The predicted octanol–water partition coefficient (Wildman–Crippen LogP) is 3.45. The number of pyridine rings is 1. The van der Waals surface area contributed by atoms with E-state index in [2.05, 4.69) is 39.6 Å². The lowest BCUT2D eigenvalue weighted by molar-refractivity contribution is 0.568. The van der Waals surface area contributed by atoms with Gasteiger partial charge in [0.2, 0.25) is 0 Å². The van der Waals surface area contributed by atoms with Crippen LogP contribution in [0, 0.1) is 6.92 Å². The Bertz CT molecular complexity index is 510. The van der Waals surface area contributed by atoms with Gasteiger partial charge in [0.05, 0.1) is 0 Å². The first kappa shape index (κ1) is 14.4. The number of hydrogen-bond acceptors (Lipinski definition) is 6. The zero-order valence-corrected chi connectivity index (χ0v) is 13.0. The van der Waals surface area contributed by atoms with Crippen molar-refractivity contribution in [3.05, 3.63) is 29.7 Å². The second-order valence-electron chi connectivity index (χ2n) is 4.32. The summed E-state index contributed by atoms with van der Waals surface area (Å²) in [7, 11) is 0. The van der Waals surface area contributed by atoms with Crippen LogP contribution in [0.15, 0.2) is 27.7 Å². The predicted molar refractivity (Wildman–Crippen MR) is 79.7 cm³/mol. The molecule has 0 bridgehead atoms. The smallest absolute Gasteiger partial charge is 0.176 e. The van der Waals surface area contributed by atoms with Gasteiger partial charge in [0, 0.05) is 12.2 Å². The van der Waals surface area contributed by atoms with E-state index in [1.54, 1.807) is 11.8 Å². The minimum Gasteiger partial charge on any atom is -0.310 e. The van der Waals surface area contributed by atoms with Crippen LogP contribution in [0.1, 0.15) is 37.7 Å². The highest BCUT2D eigenvalue weighted by molar-refractivity contribution is 8.00. The Labute approximate surface area is 122 Å². The Kier molecular flexibility index (Phi) is 5.30. The summed E-state index contributed by atoms with van der Waals surface area (Å²) in [6.45, 7) is 7.26. The Morgan fingerprint density at radius 3 is 2.84 bits per heavy atom. The van der Waals surface area contributed by atoms with E-state index in [0.717, 1.165) is 28.2 Å². The lowest BCUT2D eigenvalue weighted by Gasteiger charge is -2.13. The van der Waals surface area contributed by atoms with Crippen molar-refractivity contribution in [2.24, 2.45) is 0 Å². The standard InChI is InChI=1S/C13H18N4S2/c1-4-7-14-9(2)11-5-6-12(15-8-11)18-13-16-10(3)17-19-13/h5-6,8-9,14H,4,7H2,1-3H3. The van der Waals surface area contributed by atoms with Gasteiger partial charge in [-0.15, -0.1) is 0 Å². The Morgan fingerprint density at radius 2 is 2.26 bits per heavy atom. The number of aryl methyl sites for hydroxylation is 1. The number of hydrogen-bond donors (Lipinski definition) is 1. The van der Waals surface area contributed by atoms with Crippen LogP contribution >= 0.6 is 23.3 Å². The van der Waals surface area contributed by atoms with Crippen molar-refractivity contribution >= 4 is 23.3 Å². The minimum absolute atomic E-state index is 0.343. The topological polar surface area (TPSA) is 50.7 Å². The first-order valence-electron chi connectivity index (χ1n) is 6.36. The summed E-state index contributed by atoms with van der Waals surface area (Å²) in [5.74, 6) is 0.821. The molecule has 0 fully saturated rings. The summed E-state index contributed by atoms with van der Waals surface area (Å²) < 4.78 is 5.10. The molecule has 0 aliphatic rings. The molecule has 1 unspecified atom stereocenters. The quantitative estimate of drug-likeness (QED) is 0.884. The van der Waals surface area contributed by atoms with E-state index < -0.39 is 0 Å². The maximum atomic E-state index is 4.47. The van der Waals surface area contributed by atoms with E-state index >= 15 is 0 Å². The summed E-state index contributed by atoms with van der Waals surface area (Å²) in [4.78, 5) is 8.80. The average Bonchev–Trinajstić information content (AvgIpc) is 2.82.